The predicted molar refractivity (Wildman–Crippen MR) is 60.8 cm³/mol. The summed E-state index contributed by atoms with van der Waals surface area (Å²) in [6.07, 6.45) is 5.10. The van der Waals surface area contributed by atoms with Crippen molar-refractivity contribution in [1.29, 1.82) is 0 Å². The van der Waals surface area contributed by atoms with Gasteiger partial charge in [-0.2, -0.15) is 0 Å². The highest BCUT2D eigenvalue weighted by Crippen LogP contribution is 1.93. The lowest BCUT2D eigenvalue weighted by Gasteiger charge is -1.82. The van der Waals surface area contributed by atoms with Crippen LogP contribution in [0.15, 0.2) is 66.7 Å². The first-order valence-electron chi connectivity index (χ1n) is 4.45. The minimum Gasteiger partial charge on any atom is -0.115 e. The van der Waals surface area contributed by atoms with Crippen LogP contribution in [0.5, 0.6) is 0 Å². The van der Waals surface area contributed by atoms with E-state index < -0.39 is 0 Å². The molecule has 0 aliphatic heterocycles. The zero-order valence-corrected chi connectivity index (χ0v) is 7.93. The van der Waals surface area contributed by atoms with E-state index in [0.29, 0.717) is 0 Å². The highest BCUT2D eigenvalue weighted by atomic mass is 13.8. The Bertz CT molecular complexity index is 341. The molecule has 0 heteroatoms. The molecule has 0 saturated carbocycles. The molecule has 0 aromatic heterocycles. The molecule has 2 aromatic carbocycles. The Balaban J connectivity index is 0.000000146. The molecule has 14 heavy (non-hydrogen) atoms. The van der Waals surface area contributed by atoms with E-state index in [1.54, 1.807) is 0 Å². The fraction of sp³-hybridized carbons (Fsp3) is 0. The van der Waals surface area contributed by atoms with Gasteiger partial charge in [-0.15, -0.1) is 6.42 Å². The Morgan fingerprint density at radius 2 is 1.00 bits per heavy atom. The summed E-state index contributed by atoms with van der Waals surface area (Å²) in [7, 11) is 0. The monoisotopic (exact) mass is 180 g/mol. The van der Waals surface area contributed by atoms with E-state index in [1.807, 2.05) is 66.7 Å². The fourth-order valence-electron chi connectivity index (χ4n) is 0.919. The lowest BCUT2D eigenvalue weighted by molar-refractivity contribution is 1.65. The van der Waals surface area contributed by atoms with Gasteiger partial charge in [-0.25, -0.2) is 0 Å². The maximum atomic E-state index is 5.10. The van der Waals surface area contributed by atoms with Gasteiger partial charge in [0.25, 0.3) is 0 Å². The van der Waals surface area contributed by atoms with E-state index in [0.717, 1.165) is 5.56 Å². The molecule has 0 atom stereocenters. The third-order valence-corrected chi connectivity index (χ3v) is 1.61. The molecule has 2 rings (SSSR count). The molecule has 0 unspecified atom stereocenters. The van der Waals surface area contributed by atoms with Gasteiger partial charge in [0.15, 0.2) is 0 Å². The summed E-state index contributed by atoms with van der Waals surface area (Å²) < 4.78 is 0. The van der Waals surface area contributed by atoms with Gasteiger partial charge in [-0.3, -0.25) is 0 Å². The summed E-state index contributed by atoms with van der Waals surface area (Å²) in [5.41, 5.74) is 0.938. The average Bonchev–Trinajstić information content (AvgIpc) is 2.33. The quantitative estimate of drug-likeness (QED) is 0.545. The first-order valence-corrected chi connectivity index (χ1v) is 4.45. The molecule has 0 nitrogen and oxygen atoms in total. The number of hydrogen-bond donors (Lipinski definition) is 0. The van der Waals surface area contributed by atoms with Crippen LogP contribution in [0.4, 0.5) is 0 Å². The third kappa shape index (κ3) is 4.13. The highest BCUT2D eigenvalue weighted by molar-refractivity contribution is 5.30. The van der Waals surface area contributed by atoms with Gasteiger partial charge >= 0.3 is 0 Å². The Hall–Kier alpha value is -2.00. The normalized spacial score (nSPS) is 7.93. The maximum Gasteiger partial charge on any atom is 0.0242 e. The van der Waals surface area contributed by atoms with Crippen molar-refractivity contribution in [1.82, 2.24) is 0 Å². The number of benzene rings is 2. The average molecular weight is 180 g/mol. The van der Waals surface area contributed by atoms with Gasteiger partial charge in [0.05, 0.1) is 0 Å². The molecular weight excluding hydrogens is 168 g/mol. The van der Waals surface area contributed by atoms with Crippen LogP contribution in [0.3, 0.4) is 0 Å². The zero-order chi connectivity index (χ0) is 10.1. The first-order chi connectivity index (χ1) is 6.93. The third-order valence-electron chi connectivity index (χ3n) is 1.61. The van der Waals surface area contributed by atoms with E-state index in [2.05, 4.69) is 5.92 Å². The van der Waals surface area contributed by atoms with Crippen molar-refractivity contribution < 1.29 is 0 Å². The van der Waals surface area contributed by atoms with E-state index >= 15 is 0 Å². The standard InChI is InChI=1S/C8H6.C6H6/c1-2-8-6-4-3-5-7-8;1-2-4-6-5-3-1/h1,3-7H;1-6H. The van der Waals surface area contributed by atoms with Gasteiger partial charge in [-0.1, -0.05) is 60.5 Å². The Morgan fingerprint density at radius 3 is 1.29 bits per heavy atom. The fourth-order valence-corrected chi connectivity index (χ4v) is 0.919. The molecule has 2 aromatic rings. The van der Waals surface area contributed by atoms with Crippen molar-refractivity contribution in [3.05, 3.63) is 72.3 Å². The Morgan fingerprint density at radius 1 is 0.643 bits per heavy atom. The minimum absolute atomic E-state index is 0.938. The number of rotatable bonds is 0. The Kier molecular flexibility index (Phi) is 4.69. The summed E-state index contributed by atoms with van der Waals surface area (Å²) in [6, 6.07) is 21.6. The Labute approximate surface area is 85.2 Å². The molecule has 68 valence electrons. The number of terminal acetylenes is 1. The van der Waals surface area contributed by atoms with Crippen LogP contribution in [0.2, 0.25) is 0 Å². The summed E-state index contributed by atoms with van der Waals surface area (Å²) >= 11 is 0. The predicted octanol–water partition coefficient (Wildman–Crippen LogP) is 3.35. The van der Waals surface area contributed by atoms with Gasteiger partial charge < -0.3 is 0 Å². The molecule has 0 N–H and O–H groups in total. The van der Waals surface area contributed by atoms with Crippen LogP contribution >= 0.6 is 0 Å². The topological polar surface area (TPSA) is 0 Å². The zero-order valence-electron chi connectivity index (χ0n) is 7.93. The molecule has 0 aliphatic carbocycles. The smallest absolute Gasteiger partial charge is 0.0242 e. The summed E-state index contributed by atoms with van der Waals surface area (Å²) in [4.78, 5) is 0. The second-order valence-corrected chi connectivity index (χ2v) is 2.67. The molecule has 0 fully saturated rings. The van der Waals surface area contributed by atoms with Gasteiger partial charge in [0.1, 0.15) is 0 Å². The number of hydrogen-bond acceptors (Lipinski definition) is 0. The van der Waals surface area contributed by atoms with Crippen molar-refractivity contribution >= 4 is 0 Å². The van der Waals surface area contributed by atoms with E-state index in [9.17, 15) is 0 Å². The van der Waals surface area contributed by atoms with Crippen molar-refractivity contribution in [3.8, 4) is 12.3 Å². The second-order valence-electron chi connectivity index (χ2n) is 2.67. The lowest BCUT2D eigenvalue weighted by Crippen LogP contribution is -1.66. The lowest BCUT2D eigenvalue weighted by atomic mass is 10.2. The van der Waals surface area contributed by atoms with Crippen LogP contribution in [-0.2, 0) is 0 Å². The molecule has 0 aliphatic rings. The summed E-state index contributed by atoms with van der Waals surface area (Å²) in [6.45, 7) is 0. The van der Waals surface area contributed by atoms with Crippen molar-refractivity contribution in [2.45, 2.75) is 0 Å². The van der Waals surface area contributed by atoms with Gasteiger partial charge in [0.2, 0.25) is 0 Å². The van der Waals surface area contributed by atoms with Crippen LogP contribution in [0.1, 0.15) is 5.56 Å². The van der Waals surface area contributed by atoms with Gasteiger partial charge in [0, 0.05) is 5.56 Å². The largest absolute Gasteiger partial charge is 0.115 e. The highest BCUT2D eigenvalue weighted by Gasteiger charge is 1.76. The second kappa shape index (κ2) is 6.51. The van der Waals surface area contributed by atoms with E-state index in [1.165, 1.54) is 0 Å². The van der Waals surface area contributed by atoms with Crippen molar-refractivity contribution in [2.75, 3.05) is 0 Å². The van der Waals surface area contributed by atoms with Crippen molar-refractivity contribution in [3.63, 3.8) is 0 Å². The first kappa shape index (κ1) is 10.1. The van der Waals surface area contributed by atoms with Crippen LogP contribution in [-0.4, -0.2) is 0 Å². The molecular formula is C14H12. The molecule has 0 saturated heterocycles. The van der Waals surface area contributed by atoms with E-state index in [-0.39, 0.29) is 0 Å². The van der Waals surface area contributed by atoms with Gasteiger partial charge in [-0.05, 0) is 12.1 Å². The maximum absolute atomic E-state index is 5.10. The SMILES string of the molecule is C#Cc1ccccc1.c1ccccc1. The van der Waals surface area contributed by atoms with Crippen LogP contribution in [0, 0.1) is 12.3 Å². The summed E-state index contributed by atoms with van der Waals surface area (Å²) in [5.74, 6) is 2.53. The van der Waals surface area contributed by atoms with E-state index in [4.69, 9.17) is 6.42 Å². The van der Waals surface area contributed by atoms with Crippen LogP contribution < -0.4 is 0 Å². The van der Waals surface area contributed by atoms with Crippen LogP contribution in [0.25, 0.3) is 0 Å². The molecule has 0 bridgehead atoms. The molecule has 0 spiro atoms. The molecule has 0 heterocycles. The summed E-state index contributed by atoms with van der Waals surface area (Å²) in [5, 5.41) is 0. The minimum atomic E-state index is 0.938. The molecule has 0 amide bonds. The molecule has 0 radical (unpaired) electrons. The van der Waals surface area contributed by atoms with Crippen molar-refractivity contribution in [2.24, 2.45) is 0 Å².